The highest BCUT2D eigenvalue weighted by atomic mass is 16.4. The molecule has 0 amide bonds. The van der Waals surface area contributed by atoms with Crippen molar-refractivity contribution in [3.05, 3.63) is 41.1 Å². The maximum absolute atomic E-state index is 11.6. The van der Waals surface area contributed by atoms with Gasteiger partial charge in [0.15, 0.2) is 0 Å². The van der Waals surface area contributed by atoms with Crippen LogP contribution in [0.2, 0.25) is 0 Å². The molecule has 1 N–H and O–H groups in total. The predicted molar refractivity (Wildman–Crippen MR) is 86.3 cm³/mol. The van der Waals surface area contributed by atoms with E-state index in [-0.39, 0.29) is 11.1 Å². The Kier molecular flexibility index (Phi) is 3.55. The van der Waals surface area contributed by atoms with Crippen LogP contribution in [0.1, 0.15) is 55.1 Å². The van der Waals surface area contributed by atoms with Crippen molar-refractivity contribution in [3.8, 4) is 11.3 Å². The Balaban J connectivity index is 2.11. The number of hydrogen-bond acceptors (Lipinski definition) is 2. The highest BCUT2D eigenvalue weighted by molar-refractivity contribution is 5.94. The Hall–Kier alpha value is -2.10. The molecule has 0 saturated carbocycles. The van der Waals surface area contributed by atoms with E-state index in [1.165, 1.54) is 24.0 Å². The molecule has 22 heavy (non-hydrogen) atoms. The number of carboxylic acid groups (broad SMARTS) is 1. The zero-order chi connectivity index (χ0) is 15.9. The first-order valence-electron chi connectivity index (χ1n) is 7.82. The Bertz CT molecular complexity index is 723. The zero-order valence-corrected chi connectivity index (χ0v) is 13.4. The second-order valence-corrected chi connectivity index (χ2v) is 7.00. The molecule has 1 heterocycles. The molecule has 4 nitrogen and oxygen atoms in total. The molecule has 0 aliphatic heterocycles. The van der Waals surface area contributed by atoms with Crippen LogP contribution in [-0.2, 0) is 18.4 Å². The molecule has 1 aliphatic carbocycles. The second-order valence-electron chi connectivity index (χ2n) is 7.00. The van der Waals surface area contributed by atoms with Gasteiger partial charge in [-0.3, -0.25) is 4.68 Å². The first-order chi connectivity index (χ1) is 10.4. The third kappa shape index (κ3) is 2.65. The minimum Gasteiger partial charge on any atom is -0.478 e. The standard InChI is InChI=1S/C18H22N2O2/c1-18(2,3)20-11-15(17(21)22)16(19-20)14-9-8-12-6-4-5-7-13(12)10-14/h8-11H,4-7H2,1-3H3,(H,21,22). The molecular formula is C18H22N2O2. The summed E-state index contributed by atoms with van der Waals surface area (Å²) in [5, 5.41) is 14.0. The van der Waals surface area contributed by atoms with Gasteiger partial charge in [0.05, 0.1) is 5.54 Å². The number of aryl methyl sites for hydroxylation is 2. The minimum absolute atomic E-state index is 0.239. The van der Waals surface area contributed by atoms with Gasteiger partial charge in [0.25, 0.3) is 0 Å². The van der Waals surface area contributed by atoms with E-state index in [2.05, 4.69) is 17.2 Å². The predicted octanol–water partition coefficient (Wildman–Crippen LogP) is 3.88. The van der Waals surface area contributed by atoms with Crippen molar-refractivity contribution in [1.82, 2.24) is 9.78 Å². The molecule has 1 aromatic carbocycles. The van der Waals surface area contributed by atoms with Crippen molar-refractivity contribution in [2.24, 2.45) is 0 Å². The molecule has 0 unspecified atom stereocenters. The normalized spacial score (nSPS) is 14.7. The van der Waals surface area contributed by atoms with Gasteiger partial charge >= 0.3 is 5.97 Å². The number of aromatic carboxylic acids is 1. The summed E-state index contributed by atoms with van der Waals surface area (Å²) in [5.74, 6) is -0.928. The lowest BCUT2D eigenvalue weighted by Crippen LogP contribution is -2.22. The fourth-order valence-electron chi connectivity index (χ4n) is 2.97. The zero-order valence-electron chi connectivity index (χ0n) is 13.4. The SMILES string of the molecule is CC(C)(C)n1cc(C(=O)O)c(-c2ccc3c(c2)CCCC3)n1. The Morgan fingerprint density at radius 1 is 1.18 bits per heavy atom. The van der Waals surface area contributed by atoms with E-state index in [0.717, 1.165) is 18.4 Å². The third-order valence-corrected chi connectivity index (χ3v) is 4.25. The van der Waals surface area contributed by atoms with Crippen molar-refractivity contribution < 1.29 is 9.90 Å². The van der Waals surface area contributed by atoms with Crippen LogP contribution < -0.4 is 0 Å². The van der Waals surface area contributed by atoms with Gasteiger partial charge < -0.3 is 5.11 Å². The molecule has 2 aromatic rings. The van der Waals surface area contributed by atoms with Crippen molar-refractivity contribution in [3.63, 3.8) is 0 Å². The van der Waals surface area contributed by atoms with E-state index in [9.17, 15) is 9.90 Å². The van der Waals surface area contributed by atoms with E-state index >= 15 is 0 Å². The summed E-state index contributed by atoms with van der Waals surface area (Å²) in [4.78, 5) is 11.6. The summed E-state index contributed by atoms with van der Waals surface area (Å²) in [6.45, 7) is 6.05. The average Bonchev–Trinajstić information content (AvgIpc) is 2.92. The molecule has 0 bridgehead atoms. The number of benzene rings is 1. The lowest BCUT2D eigenvalue weighted by Gasteiger charge is -2.19. The van der Waals surface area contributed by atoms with Gasteiger partial charge in [-0.05, 0) is 63.6 Å². The lowest BCUT2D eigenvalue weighted by atomic mass is 9.89. The number of fused-ring (bicyclic) bond motifs is 1. The highest BCUT2D eigenvalue weighted by Gasteiger charge is 2.23. The first kappa shape index (κ1) is 14.8. The number of carboxylic acids is 1. The van der Waals surface area contributed by atoms with E-state index < -0.39 is 5.97 Å². The van der Waals surface area contributed by atoms with Crippen LogP contribution in [0.15, 0.2) is 24.4 Å². The summed E-state index contributed by atoms with van der Waals surface area (Å²) in [5.41, 5.74) is 4.23. The van der Waals surface area contributed by atoms with Crippen LogP contribution >= 0.6 is 0 Å². The number of carbonyl (C=O) groups is 1. The molecule has 0 saturated heterocycles. The fourth-order valence-corrected chi connectivity index (χ4v) is 2.97. The number of aromatic nitrogens is 2. The molecule has 4 heteroatoms. The lowest BCUT2D eigenvalue weighted by molar-refractivity contribution is 0.0697. The van der Waals surface area contributed by atoms with Gasteiger partial charge in [0, 0.05) is 11.8 Å². The number of nitrogens with zero attached hydrogens (tertiary/aromatic N) is 2. The van der Waals surface area contributed by atoms with Crippen LogP contribution in [0.25, 0.3) is 11.3 Å². The molecular weight excluding hydrogens is 276 g/mol. The van der Waals surface area contributed by atoms with Crippen molar-refractivity contribution >= 4 is 5.97 Å². The molecule has 1 aliphatic rings. The Morgan fingerprint density at radius 2 is 1.86 bits per heavy atom. The van der Waals surface area contributed by atoms with Crippen LogP contribution in [0, 0.1) is 0 Å². The molecule has 0 spiro atoms. The Morgan fingerprint density at radius 3 is 2.50 bits per heavy atom. The Labute approximate surface area is 130 Å². The maximum atomic E-state index is 11.6. The molecule has 1 aromatic heterocycles. The van der Waals surface area contributed by atoms with Crippen LogP contribution in [-0.4, -0.2) is 20.9 Å². The minimum atomic E-state index is -0.928. The quantitative estimate of drug-likeness (QED) is 0.915. The van der Waals surface area contributed by atoms with Crippen LogP contribution in [0.3, 0.4) is 0 Å². The molecule has 116 valence electrons. The molecule has 3 rings (SSSR count). The molecule has 0 fully saturated rings. The van der Waals surface area contributed by atoms with E-state index in [4.69, 9.17) is 0 Å². The van der Waals surface area contributed by atoms with Gasteiger partial charge in [-0.15, -0.1) is 0 Å². The van der Waals surface area contributed by atoms with E-state index in [0.29, 0.717) is 5.69 Å². The van der Waals surface area contributed by atoms with Gasteiger partial charge in [-0.1, -0.05) is 12.1 Å². The van der Waals surface area contributed by atoms with Gasteiger partial charge in [-0.2, -0.15) is 5.10 Å². The summed E-state index contributed by atoms with van der Waals surface area (Å²) in [6, 6.07) is 6.26. The van der Waals surface area contributed by atoms with Crippen molar-refractivity contribution in [2.75, 3.05) is 0 Å². The van der Waals surface area contributed by atoms with Crippen LogP contribution in [0.5, 0.6) is 0 Å². The van der Waals surface area contributed by atoms with Gasteiger partial charge in [0.1, 0.15) is 11.3 Å². The number of rotatable bonds is 2. The average molecular weight is 298 g/mol. The first-order valence-corrected chi connectivity index (χ1v) is 7.82. The topological polar surface area (TPSA) is 55.1 Å². The third-order valence-electron chi connectivity index (χ3n) is 4.25. The summed E-state index contributed by atoms with van der Waals surface area (Å²) < 4.78 is 1.74. The van der Waals surface area contributed by atoms with Crippen molar-refractivity contribution in [2.45, 2.75) is 52.0 Å². The molecule has 0 atom stereocenters. The summed E-state index contributed by atoms with van der Waals surface area (Å²) in [7, 11) is 0. The van der Waals surface area contributed by atoms with Gasteiger partial charge in [0.2, 0.25) is 0 Å². The summed E-state index contributed by atoms with van der Waals surface area (Å²) in [6.07, 6.45) is 6.28. The van der Waals surface area contributed by atoms with E-state index in [1.807, 2.05) is 26.8 Å². The largest absolute Gasteiger partial charge is 0.478 e. The second kappa shape index (κ2) is 5.27. The highest BCUT2D eigenvalue weighted by Crippen LogP contribution is 2.30. The monoisotopic (exact) mass is 298 g/mol. The van der Waals surface area contributed by atoms with Gasteiger partial charge in [-0.25, -0.2) is 4.79 Å². The van der Waals surface area contributed by atoms with Crippen molar-refractivity contribution in [1.29, 1.82) is 0 Å². The van der Waals surface area contributed by atoms with E-state index in [1.54, 1.807) is 10.9 Å². The van der Waals surface area contributed by atoms with Crippen LogP contribution in [0.4, 0.5) is 0 Å². The fraction of sp³-hybridized carbons (Fsp3) is 0.444. The maximum Gasteiger partial charge on any atom is 0.339 e. The molecule has 0 radical (unpaired) electrons. The summed E-state index contributed by atoms with van der Waals surface area (Å²) >= 11 is 0. The smallest absolute Gasteiger partial charge is 0.339 e. The number of hydrogen-bond donors (Lipinski definition) is 1.